The highest BCUT2D eigenvalue weighted by Gasteiger charge is 2.65. The van der Waals surface area contributed by atoms with Gasteiger partial charge in [0.2, 0.25) is 5.60 Å². The Morgan fingerprint density at radius 2 is 1.79 bits per heavy atom. The van der Waals surface area contributed by atoms with Gasteiger partial charge in [-0.05, 0) is 56.7 Å². The maximum absolute atomic E-state index is 13.4. The van der Waals surface area contributed by atoms with Crippen LogP contribution in [0.5, 0.6) is 5.75 Å². The molecule has 1 saturated heterocycles. The van der Waals surface area contributed by atoms with Crippen molar-refractivity contribution in [1.29, 1.82) is 0 Å². The first-order valence-electron chi connectivity index (χ1n) is 10.2. The number of urea groups is 1. The number of primary amides is 1. The number of hydrogen-bond donors (Lipinski definition) is 3. The van der Waals surface area contributed by atoms with Crippen molar-refractivity contribution in [2.75, 3.05) is 6.54 Å². The van der Waals surface area contributed by atoms with E-state index in [0.29, 0.717) is 21.4 Å². The normalized spacial score (nSPS) is 22.3. The molecule has 184 valence electrons. The summed E-state index contributed by atoms with van der Waals surface area (Å²) >= 11 is 12.0. The summed E-state index contributed by atoms with van der Waals surface area (Å²) in [4.78, 5) is 24.7. The predicted octanol–water partition coefficient (Wildman–Crippen LogP) is 3.09. The van der Waals surface area contributed by atoms with Crippen molar-refractivity contribution in [2.24, 2.45) is 5.73 Å². The number of nitrogens with zero attached hydrogens (tertiary/aromatic N) is 1. The molecule has 12 heteroatoms. The molecule has 0 aliphatic carbocycles. The fourth-order valence-corrected chi connectivity index (χ4v) is 6.75. The van der Waals surface area contributed by atoms with Gasteiger partial charge in [-0.25, -0.2) is 18.0 Å². The molecule has 0 aromatic heterocycles. The summed E-state index contributed by atoms with van der Waals surface area (Å²) < 4.78 is 32.5. The number of ether oxygens (including phenoxy) is 1. The SMILES string of the molecule is CC1(C)N(C(N)=O)CCC(S(=O)(=O)c2ccc(OCc3ccc(Cl)cc3Cl)cc2)C1(O)C(=O)O. The van der Waals surface area contributed by atoms with Crippen LogP contribution in [0.25, 0.3) is 0 Å². The Hall–Kier alpha value is -2.53. The Labute approximate surface area is 206 Å². The van der Waals surface area contributed by atoms with Crippen molar-refractivity contribution < 1.29 is 33.0 Å². The van der Waals surface area contributed by atoms with Crippen LogP contribution >= 0.6 is 23.2 Å². The summed E-state index contributed by atoms with van der Waals surface area (Å²) in [6, 6.07) is 9.36. The van der Waals surface area contributed by atoms with E-state index in [1.807, 2.05) is 0 Å². The summed E-state index contributed by atoms with van der Waals surface area (Å²) in [6.07, 6.45) is -0.315. The Balaban J connectivity index is 1.87. The molecule has 1 fully saturated rings. The highest BCUT2D eigenvalue weighted by Crippen LogP contribution is 2.42. The quantitative estimate of drug-likeness (QED) is 0.519. The number of carboxylic acid groups (broad SMARTS) is 1. The molecule has 4 N–H and O–H groups in total. The Morgan fingerprint density at radius 1 is 1.18 bits per heavy atom. The topological polar surface area (TPSA) is 147 Å². The van der Waals surface area contributed by atoms with E-state index in [1.165, 1.54) is 38.1 Å². The van der Waals surface area contributed by atoms with E-state index in [4.69, 9.17) is 33.7 Å². The number of sulfone groups is 1. The second-order valence-electron chi connectivity index (χ2n) is 8.44. The third kappa shape index (κ3) is 4.43. The molecule has 0 spiro atoms. The van der Waals surface area contributed by atoms with Crippen LogP contribution in [-0.4, -0.2) is 58.5 Å². The number of halogens is 2. The average Bonchev–Trinajstić information content (AvgIpc) is 2.74. The molecule has 0 radical (unpaired) electrons. The molecule has 0 saturated carbocycles. The van der Waals surface area contributed by atoms with Crippen LogP contribution < -0.4 is 10.5 Å². The second kappa shape index (κ2) is 9.26. The molecule has 34 heavy (non-hydrogen) atoms. The molecule has 1 aliphatic rings. The monoisotopic (exact) mass is 530 g/mol. The fourth-order valence-electron chi connectivity index (χ4n) is 4.19. The molecule has 2 aromatic rings. The fraction of sp³-hybridized carbons (Fsp3) is 0.364. The average molecular weight is 531 g/mol. The largest absolute Gasteiger partial charge is 0.489 e. The van der Waals surface area contributed by atoms with Crippen LogP contribution in [0.2, 0.25) is 10.0 Å². The van der Waals surface area contributed by atoms with E-state index in [9.17, 15) is 28.2 Å². The summed E-state index contributed by atoms with van der Waals surface area (Å²) in [7, 11) is -4.33. The molecule has 2 aromatic carbocycles. The van der Waals surface area contributed by atoms with Crippen LogP contribution in [0.15, 0.2) is 47.4 Å². The van der Waals surface area contributed by atoms with Crippen molar-refractivity contribution in [2.45, 2.75) is 48.2 Å². The first kappa shape index (κ1) is 26.1. The van der Waals surface area contributed by atoms with Crippen molar-refractivity contribution in [3.05, 3.63) is 58.1 Å². The minimum atomic E-state index is -4.33. The molecule has 2 atom stereocenters. The molecule has 2 unspecified atom stereocenters. The lowest BCUT2D eigenvalue weighted by Crippen LogP contribution is -2.75. The molecule has 0 bridgehead atoms. The van der Waals surface area contributed by atoms with Gasteiger partial charge in [-0.15, -0.1) is 0 Å². The minimum Gasteiger partial charge on any atom is -0.489 e. The summed E-state index contributed by atoms with van der Waals surface area (Å²) in [5, 5.41) is 20.2. The maximum Gasteiger partial charge on any atom is 0.339 e. The van der Waals surface area contributed by atoms with E-state index in [-0.39, 0.29) is 24.5 Å². The Kier molecular flexibility index (Phi) is 7.10. The Bertz CT molecular complexity index is 1220. The van der Waals surface area contributed by atoms with Crippen LogP contribution in [0, 0.1) is 0 Å². The number of hydrogen-bond acceptors (Lipinski definition) is 6. The number of amides is 2. The van der Waals surface area contributed by atoms with Gasteiger partial charge < -0.3 is 25.6 Å². The van der Waals surface area contributed by atoms with E-state index >= 15 is 0 Å². The number of rotatable bonds is 6. The summed E-state index contributed by atoms with van der Waals surface area (Å²) in [5.41, 5.74) is 1.42. The van der Waals surface area contributed by atoms with E-state index in [0.717, 1.165) is 4.90 Å². The smallest absolute Gasteiger partial charge is 0.339 e. The standard InChI is InChI=1S/C22H24Cl2N2O7S/c1-21(2)22(30,19(27)28)18(9-10-26(21)20(25)29)34(31,32)16-7-5-15(6-8-16)33-12-13-3-4-14(23)11-17(13)24/h3-8,11,18,30H,9-10,12H2,1-2H3,(H2,25,29)(H,27,28). The number of aliphatic hydroxyl groups is 1. The number of carbonyl (C=O) groups excluding carboxylic acids is 1. The molecule has 3 rings (SSSR count). The summed E-state index contributed by atoms with van der Waals surface area (Å²) in [6.45, 7) is 2.52. The van der Waals surface area contributed by atoms with Crippen LogP contribution in [-0.2, 0) is 21.2 Å². The summed E-state index contributed by atoms with van der Waals surface area (Å²) in [5.74, 6) is -1.42. The van der Waals surface area contributed by atoms with Crippen LogP contribution in [0.4, 0.5) is 4.79 Å². The highest BCUT2D eigenvalue weighted by molar-refractivity contribution is 7.92. The number of likely N-dealkylation sites (tertiary alicyclic amines) is 1. The zero-order chi connectivity index (χ0) is 25.5. The predicted molar refractivity (Wildman–Crippen MR) is 126 cm³/mol. The van der Waals surface area contributed by atoms with Gasteiger partial charge in [-0.3, -0.25) is 0 Å². The maximum atomic E-state index is 13.4. The highest BCUT2D eigenvalue weighted by atomic mass is 35.5. The second-order valence-corrected chi connectivity index (χ2v) is 11.4. The van der Waals surface area contributed by atoms with Gasteiger partial charge in [0.05, 0.1) is 10.4 Å². The van der Waals surface area contributed by atoms with Crippen molar-refractivity contribution in [3.8, 4) is 5.75 Å². The molecule has 9 nitrogen and oxygen atoms in total. The third-order valence-corrected chi connectivity index (χ3v) is 9.06. The number of carbonyl (C=O) groups is 2. The van der Waals surface area contributed by atoms with Crippen molar-refractivity contribution in [3.63, 3.8) is 0 Å². The lowest BCUT2D eigenvalue weighted by Gasteiger charge is -2.53. The van der Waals surface area contributed by atoms with E-state index in [2.05, 4.69) is 0 Å². The van der Waals surface area contributed by atoms with Crippen LogP contribution in [0.1, 0.15) is 25.8 Å². The van der Waals surface area contributed by atoms with Crippen molar-refractivity contribution >= 4 is 45.0 Å². The van der Waals surface area contributed by atoms with E-state index < -0.39 is 38.2 Å². The molecule has 2 amide bonds. The number of carboxylic acids is 1. The zero-order valence-corrected chi connectivity index (χ0v) is 20.7. The van der Waals surface area contributed by atoms with Gasteiger partial charge in [0.1, 0.15) is 17.6 Å². The van der Waals surface area contributed by atoms with Crippen LogP contribution in [0.3, 0.4) is 0 Å². The molecular formula is C22H24Cl2N2O7S. The van der Waals surface area contributed by atoms with Crippen molar-refractivity contribution in [1.82, 2.24) is 4.90 Å². The molecular weight excluding hydrogens is 507 g/mol. The zero-order valence-electron chi connectivity index (χ0n) is 18.4. The van der Waals surface area contributed by atoms with Gasteiger partial charge >= 0.3 is 12.0 Å². The number of piperidine rings is 1. The van der Waals surface area contributed by atoms with Gasteiger partial charge in [0.15, 0.2) is 9.84 Å². The minimum absolute atomic E-state index is 0.112. The third-order valence-electron chi connectivity index (χ3n) is 6.22. The Morgan fingerprint density at radius 3 is 2.32 bits per heavy atom. The van der Waals surface area contributed by atoms with Gasteiger partial charge in [-0.1, -0.05) is 29.3 Å². The molecule has 1 aliphatic heterocycles. The first-order valence-corrected chi connectivity index (χ1v) is 12.5. The lowest BCUT2D eigenvalue weighted by atomic mass is 9.74. The number of aliphatic carboxylic acids is 1. The first-order chi connectivity index (χ1) is 15.7. The lowest BCUT2D eigenvalue weighted by molar-refractivity contribution is -0.179. The molecule has 1 heterocycles. The number of benzene rings is 2. The van der Waals surface area contributed by atoms with E-state index in [1.54, 1.807) is 18.2 Å². The van der Waals surface area contributed by atoms with Gasteiger partial charge in [0, 0.05) is 22.2 Å². The van der Waals surface area contributed by atoms with Gasteiger partial charge in [-0.2, -0.15) is 0 Å². The van der Waals surface area contributed by atoms with Gasteiger partial charge in [0.25, 0.3) is 0 Å². The number of nitrogens with two attached hydrogens (primary N) is 1.